The van der Waals surface area contributed by atoms with Crippen molar-refractivity contribution in [2.75, 3.05) is 25.2 Å². The molecule has 0 bridgehead atoms. The van der Waals surface area contributed by atoms with E-state index in [0.29, 0.717) is 12.3 Å². The number of phenolic OH excluding ortho intramolecular Hbond substituents is 1. The lowest BCUT2D eigenvalue weighted by Crippen LogP contribution is -2.47. The van der Waals surface area contributed by atoms with Gasteiger partial charge in [0.2, 0.25) is 0 Å². The number of likely N-dealkylation sites (N-methyl/N-ethyl adjacent to an activating group) is 1. The Labute approximate surface area is 204 Å². The van der Waals surface area contributed by atoms with Crippen LogP contribution in [0.5, 0.6) is 11.5 Å². The van der Waals surface area contributed by atoms with Crippen molar-refractivity contribution < 1.29 is 14.9 Å². The number of anilines is 1. The monoisotopic (exact) mass is 483 g/mol. The number of hydrogen-bond donors (Lipinski definition) is 2. The molecule has 0 spiro atoms. The van der Waals surface area contributed by atoms with E-state index in [1.807, 2.05) is 37.2 Å². The number of nitrogens with zero attached hydrogens (tertiary/aromatic N) is 5. The van der Waals surface area contributed by atoms with Crippen LogP contribution in [0.25, 0.3) is 0 Å². The van der Waals surface area contributed by atoms with Crippen LogP contribution in [0.15, 0.2) is 62.8 Å². The summed E-state index contributed by atoms with van der Waals surface area (Å²) in [6.45, 7) is 7.55. The molecule has 0 radical (unpaired) electrons. The first kappa shape index (κ1) is 25.8. The molecule has 0 saturated carbocycles. The number of aliphatic imine (C=N–C) groups is 1. The van der Waals surface area contributed by atoms with E-state index in [1.165, 1.54) is 23.7 Å². The van der Waals surface area contributed by atoms with Gasteiger partial charge in [-0.3, -0.25) is 13.9 Å². The first-order chi connectivity index (χ1) is 16.6. The summed E-state index contributed by atoms with van der Waals surface area (Å²) in [5, 5.41) is 19.5. The van der Waals surface area contributed by atoms with Gasteiger partial charge in [-0.05, 0) is 44.7 Å². The van der Waals surface area contributed by atoms with Crippen LogP contribution in [0, 0.1) is 0 Å². The number of rotatable bonds is 10. The highest BCUT2D eigenvalue weighted by Gasteiger charge is 2.26. The van der Waals surface area contributed by atoms with Crippen LogP contribution >= 0.6 is 0 Å². The highest BCUT2D eigenvalue weighted by molar-refractivity contribution is 5.64. The zero-order valence-electron chi connectivity index (χ0n) is 20.6. The van der Waals surface area contributed by atoms with Gasteiger partial charge < -0.3 is 24.7 Å². The van der Waals surface area contributed by atoms with Crippen LogP contribution in [-0.4, -0.2) is 63.4 Å². The molecule has 2 atom stereocenters. The second-order valence-electron chi connectivity index (χ2n) is 8.72. The minimum absolute atomic E-state index is 0.0449. The van der Waals surface area contributed by atoms with Crippen molar-refractivity contribution in [1.29, 1.82) is 0 Å². The third kappa shape index (κ3) is 6.02. The Morgan fingerprint density at radius 1 is 1.29 bits per heavy atom. The van der Waals surface area contributed by atoms with Crippen LogP contribution in [0.4, 0.5) is 11.5 Å². The van der Waals surface area contributed by atoms with Gasteiger partial charge >= 0.3 is 5.69 Å². The molecule has 0 amide bonds. The average molecular weight is 484 g/mol. The molecule has 188 valence electrons. The minimum atomic E-state index is -0.673. The van der Waals surface area contributed by atoms with Crippen LogP contribution in [0.3, 0.4) is 0 Å². The summed E-state index contributed by atoms with van der Waals surface area (Å²) in [6.07, 6.45) is 5.62. The fraction of sp³-hybridized carbons (Fsp3) is 0.400. The molecule has 0 aliphatic carbocycles. The van der Waals surface area contributed by atoms with Crippen LogP contribution in [0.2, 0.25) is 0 Å². The van der Waals surface area contributed by atoms with Gasteiger partial charge in [-0.15, -0.1) is 0 Å². The lowest BCUT2D eigenvalue weighted by Gasteiger charge is -2.34. The van der Waals surface area contributed by atoms with Crippen LogP contribution < -0.4 is 20.9 Å². The van der Waals surface area contributed by atoms with Crippen LogP contribution in [0.1, 0.15) is 20.3 Å². The zero-order valence-corrected chi connectivity index (χ0v) is 20.6. The average Bonchev–Trinajstić information content (AvgIpc) is 2.80. The fourth-order valence-electron chi connectivity index (χ4n) is 3.92. The molecule has 1 aromatic heterocycles. The molecule has 2 unspecified atom stereocenters. The predicted octanol–water partition coefficient (Wildman–Crippen LogP) is 1.97. The number of aromatic nitrogens is 2. The van der Waals surface area contributed by atoms with Gasteiger partial charge in [-0.25, -0.2) is 9.79 Å². The number of hydrogen-bond acceptors (Lipinski definition) is 8. The highest BCUT2D eigenvalue weighted by atomic mass is 16.5. The lowest BCUT2D eigenvalue weighted by molar-refractivity contribution is 0.176. The summed E-state index contributed by atoms with van der Waals surface area (Å²) in [7, 11) is 3.47. The van der Waals surface area contributed by atoms with Gasteiger partial charge in [0.05, 0.1) is 12.1 Å². The Bertz CT molecular complexity index is 1240. The summed E-state index contributed by atoms with van der Waals surface area (Å²) in [4.78, 5) is 34.3. The molecule has 2 aromatic rings. The van der Waals surface area contributed by atoms with Gasteiger partial charge in [0.25, 0.3) is 5.56 Å². The van der Waals surface area contributed by atoms with Crippen molar-refractivity contribution >= 4 is 18.2 Å². The number of aromatic hydroxyl groups is 1. The molecule has 10 nitrogen and oxygen atoms in total. The summed E-state index contributed by atoms with van der Waals surface area (Å²) in [6, 6.07) is 6.28. The van der Waals surface area contributed by atoms with Gasteiger partial charge in [-0.2, -0.15) is 0 Å². The Morgan fingerprint density at radius 3 is 2.66 bits per heavy atom. The number of ether oxygens (including phenoxy) is 1. The predicted molar refractivity (Wildman–Crippen MR) is 137 cm³/mol. The highest BCUT2D eigenvalue weighted by Crippen LogP contribution is 2.26. The summed E-state index contributed by atoms with van der Waals surface area (Å²) < 4.78 is 8.31. The third-order valence-electron chi connectivity index (χ3n) is 5.86. The molecule has 1 aliphatic rings. The van der Waals surface area contributed by atoms with Crippen molar-refractivity contribution in [1.82, 2.24) is 14.0 Å². The van der Waals surface area contributed by atoms with Crippen molar-refractivity contribution in [3.05, 3.63) is 69.0 Å². The van der Waals surface area contributed by atoms with E-state index in [4.69, 9.17) is 4.74 Å². The Kier molecular flexibility index (Phi) is 8.18. The smallest absolute Gasteiger partial charge is 0.332 e. The molecule has 10 heteroatoms. The summed E-state index contributed by atoms with van der Waals surface area (Å²) >= 11 is 0. The summed E-state index contributed by atoms with van der Waals surface area (Å²) in [5.41, 5.74) is 0.192. The lowest BCUT2D eigenvalue weighted by atomic mass is 10.1. The van der Waals surface area contributed by atoms with E-state index in [9.17, 15) is 19.8 Å². The van der Waals surface area contributed by atoms with Crippen LogP contribution in [-0.2, 0) is 13.6 Å². The van der Waals surface area contributed by atoms with Crippen molar-refractivity contribution in [2.45, 2.75) is 39.0 Å². The van der Waals surface area contributed by atoms with Gasteiger partial charge in [0.1, 0.15) is 17.2 Å². The minimum Gasteiger partial charge on any atom is -0.508 e. The van der Waals surface area contributed by atoms with E-state index in [2.05, 4.69) is 11.7 Å². The van der Waals surface area contributed by atoms with E-state index >= 15 is 0 Å². The first-order valence-corrected chi connectivity index (χ1v) is 11.4. The molecule has 2 heterocycles. The molecule has 1 aliphatic heterocycles. The molecule has 3 rings (SSSR count). The van der Waals surface area contributed by atoms with Crippen molar-refractivity contribution in [3.8, 4) is 11.5 Å². The molecular weight excluding hydrogens is 450 g/mol. The van der Waals surface area contributed by atoms with Gasteiger partial charge in [-0.1, -0.05) is 18.2 Å². The number of benzene rings is 1. The zero-order chi connectivity index (χ0) is 25.7. The molecular formula is C25H33N5O5. The number of phenols is 1. The standard InChI is InChI=1S/C25H33N5O5/c1-17-9-10-19(27(4)14-17)15-29(16-35-21-8-6-7-20(32)13-21)22-23(26-3)28(5)25(34)30(24(22)33)12-11-18(2)31/h6-10,13-14,18-19,31-32H,3,11-12,15-16H2,1-2,4-5H3. The molecule has 0 saturated heterocycles. The van der Waals surface area contributed by atoms with Crippen molar-refractivity contribution in [3.63, 3.8) is 0 Å². The third-order valence-corrected chi connectivity index (χ3v) is 5.86. The fourth-order valence-corrected chi connectivity index (χ4v) is 3.92. The quantitative estimate of drug-likeness (QED) is 0.392. The Hall–Kier alpha value is -3.79. The van der Waals surface area contributed by atoms with E-state index in [1.54, 1.807) is 24.0 Å². The molecule has 35 heavy (non-hydrogen) atoms. The van der Waals surface area contributed by atoms with E-state index in [0.717, 1.165) is 10.1 Å². The second kappa shape index (κ2) is 11.1. The number of allylic oxidation sites excluding steroid dienone is 2. The normalized spacial score (nSPS) is 16.1. The van der Waals surface area contributed by atoms with E-state index in [-0.39, 0.29) is 43.0 Å². The van der Waals surface area contributed by atoms with Gasteiger partial charge in [0, 0.05) is 39.5 Å². The number of aliphatic hydroxyl groups is 1. The first-order valence-electron chi connectivity index (χ1n) is 11.4. The Morgan fingerprint density at radius 2 is 2.03 bits per heavy atom. The molecule has 1 aromatic carbocycles. The Balaban J connectivity index is 2.08. The topological polar surface area (TPSA) is 113 Å². The maximum atomic E-state index is 13.6. The molecule has 2 N–H and O–H groups in total. The maximum absolute atomic E-state index is 13.6. The van der Waals surface area contributed by atoms with Gasteiger partial charge in [0.15, 0.2) is 12.5 Å². The second-order valence-corrected chi connectivity index (χ2v) is 8.72. The number of aliphatic hydroxyl groups excluding tert-OH is 1. The summed E-state index contributed by atoms with van der Waals surface area (Å²) in [5.74, 6) is 0.605. The van der Waals surface area contributed by atoms with E-state index < -0.39 is 17.4 Å². The van der Waals surface area contributed by atoms with Crippen molar-refractivity contribution in [2.24, 2.45) is 12.0 Å². The molecule has 0 fully saturated rings. The maximum Gasteiger partial charge on any atom is 0.332 e. The largest absolute Gasteiger partial charge is 0.508 e. The SMILES string of the molecule is C=Nc1c(N(COc2cccc(O)c2)CC2C=CC(C)=CN2C)c(=O)n(CCC(C)O)c(=O)n1C.